The van der Waals surface area contributed by atoms with Crippen LogP contribution in [0.5, 0.6) is 5.88 Å². The Bertz CT molecular complexity index is 446. The lowest BCUT2D eigenvalue weighted by molar-refractivity contribution is 0.205. The van der Waals surface area contributed by atoms with Crippen molar-refractivity contribution in [3.8, 4) is 5.88 Å². The van der Waals surface area contributed by atoms with Crippen LogP contribution in [-0.2, 0) is 0 Å². The molecule has 1 aromatic heterocycles. The van der Waals surface area contributed by atoms with Gasteiger partial charge >= 0.3 is 0 Å². The van der Waals surface area contributed by atoms with E-state index in [0.717, 1.165) is 32.0 Å². The minimum absolute atomic E-state index is 0.164. The summed E-state index contributed by atoms with van der Waals surface area (Å²) in [6.45, 7) is 9.04. The molecule has 0 spiro atoms. The van der Waals surface area contributed by atoms with Crippen LogP contribution in [0.4, 0.5) is 0 Å². The zero-order valence-electron chi connectivity index (χ0n) is 12.0. The van der Waals surface area contributed by atoms with Gasteiger partial charge in [0, 0.05) is 31.8 Å². The lowest BCUT2D eigenvalue weighted by atomic mass is 10.3. The van der Waals surface area contributed by atoms with Crippen LogP contribution < -0.4 is 10.1 Å². The van der Waals surface area contributed by atoms with Gasteiger partial charge in [-0.15, -0.1) is 6.58 Å². The first-order chi connectivity index (χ1) is 9.83. The molecule has 20 heavy (non-hydrogen) atoms. The summed E-state index contributed by atoms with van der Waals surface area (Å²) in [5.41, 5.74) is 0. The molecule has 0 bridgehead atoms. The second-order valence-corrected chi connectivity index (χ2v) is 4.63. The molecule has 1 atom stereocenters. The molecule has 0 aliphatic carbocycles. The van der Waals surface area contributed by atoms with Crippen molar-refractivity contribution < 1.29 is 4.74 Å². The molecular formula is C15H22N4O. The standard InChI is InChI=1S/C15H22N4O/c1-3-9-18-15(16-4-2)19-11-8-13(12-19)20-14-7-5-6-10-17-14/h3,5-7,10,13H,1,4,8-9,11-12H2,2H3,(H,16,18). The molecule has 1 unspecified atom stereocenters. The van der Waals surface area contributed by atoms with E-state index in [4.69, 9.17) is 4.74 Å². The van der Waals surface area contributed by atoms with E-state index in [2.05, 4.69) is 33.7 Å². The third kappa shape index (κ3) is 3.98. The molecule has 0 radical (unpaired) electrons. The van der Waals surface area contributed by atoms with E-state index in [9.17, 15) is 0 Å². The van der Waals surface area contributed by atoms with E-state index in [0.29, 0.717) is 12.4 Å². The fourth-order valence-electron chi connectivity index (χ4n) is 2.18. The fourth-order valence-corrected chi connectivity index (χ4v) is 2.18. The molecule has 1 aromatic rings. The van der Waals surface area contributed by atoms with Crippen LogP contribution in [0.3, 0.4) is 0 Å². The summed E-state index contributed by atoms with van der Waals surface area (Å²) in [6, 6.07) is 5.71. The van der Waals surface area contributed by atoms with Crippen LogP contribution in [0.25, 0.3) is 0 Å². The highest BCUT2D eigenvalue weighted by atomic mass is 16.5. The summed E-state index contributed by atoms with van der Waals surface area (Å²) in [7, 11) is 0. The van der Waals surface area contributed by atoms with Crippen LogP contribution >= 0.6 is 0 Å². The van der Waals surface area contributed by atoms with Crippen molar-refractivity contribution in [1.29, 1.82) is 0 Å². The van der Waals surface area contributed by atoms with Crippen molar-refractivity contribution in [2.45, 2.75) is 19.4 Å². The molecule has 0 aromatic carbocycles. The Morgan fingerprint density at radius 3 is 3.25 bits per heavy atom. The predicted octanol–water partition coefficient (Wildman–Crippen LogP) is 1.69. The van der Waals surface area contributed by atoms with E-state index in [1.54, 1.807) is 12.3 Å². The van der Waals surface area contributed by atoms with Gasteiger partial charge in [0.1, 0.15) is 6.10 Å². The molecule has 1 aliphatic heterocycles. The van der Waals surface area contributed by atoms with Gasteiger partial charge in [-0.3, -0.25) is 0 Å². The van der Waals surface area contributed by atoms with Gasteiger partial charge in [0.2, 0.25) is 5.88 Å². The highest BCUT2D eigenvalue weighted by Crippen LogP contribution is 2.16. The van der Waals surface area contributed by atoms with Gasteiger partial charge in [-0.1, -0.05) is 12.1 Å². The van der Waals surface area contributed by atoms with E-state index in [-0.39, 0.29) is 6.10 Å². The number of nitrogens with zero attached hydrogens (tertiary/aromatic N) is 3. The average Bonchev–Trinajstić information content (AvgIpc) is 2.93. The van der Waals surface area contributed by atoms with Crippen LogP contribution in [0.15, 0.2) is 42.0 Å². The zero-order chi connectivity index (χ0) is 14.2. The first-order valence-electron chi connectivity index (χ1n) is 7.05. The summed E-state index contributed by atoms with van der Waals surface area (Å²) in [5.74, 6) is 1.62. The topological polar surface area (TPSA) is 49.8 Å². The maximum absolute atomic E-state index is 5.88. The summed E-state index contributed by atoms with van der Waals surface area (Å²) in [6.07, 6.45) is 4.69. The van der Waals surface area contributed by atoms with E-state index >= 15 is 0 Å². The highest BCUT2D eigenvalue weighted by Gasteiger charge is 2.26. The number of pyridine rings is 1. The van der Waals surface area contributed by atoms with Gasteiger partial charge in [0.05, 0.1) is 13.1 Å². The molecular weight excluding hydrogens is 252 g/mol. The van der Waals surface area contributed by atoms with Gasteiger partial charge < -0.3 is 15.0 Å². The van der Waals surface area contributed by atoms with Gasteiger partial charge in [-0.2, -0.15) is 0 Å². The van der Waals surface area contributed by atoms with Crippen molar-refractivity contribution in [2.75, 3.05) is 26.2 Å². The summed E-state index contributed by atoms with van der Waals surface area (Å²) >= 11 is 0. The quantitative estimate of drug-likeness (QED) is 0.504. The second-order valence-electron chi connectivity index (χ2n) is 4.63. The van der Waals surface area contributed by atoms with E-state index < -0.39 is 0 Å². The van der Waals surface area contributed by atoms with Crippen molar-refractivity contribution >= 4 is 5.96 Å². The van der Waals surface area contributed by atoms with E-state index in [1.807, 2.05) is 18.2 Å². The van der Waals surface area contributed by atoms with Crippen molar-refractivity contribution in [3.05, 3.63) is 37.1 Å². The van der Waals surface area contributed by atoms with Crippen molar-refractivity contribution in [2.24, 2.45) is 4.99 Å². The monoisotopic (exact) mass is 274 g/mol. The number of guanidine groups is 1. The Labute approximate surface area is 120 Å². The molecule has 1 saturated heterocycles. The molecule has 108 valence electrons. The minimum atomic E-state index is 0.164. The number of nitrogens with one attached hydrogen (secondary N) is 1. The first-order valence-corrected chi connectivity index (χ1v) is 7.05. The molecule has 1 aliphatic rings. The molecule has 1 N–H and O–H groups in total. The Balaban J connectivity index is 1.91. The van der Waals surface area contributed by atoms with Crippen molar-refractivity contribution in [3.63, 3.8) is 0 Å². The molecule has 2 heterocycles. The molecule has 0 saturated carbocycles. The average molecular weight is 274 g/mol. The summed E-state index contributed by atoms with van der Waals surface area (Å²) in [4.78, 5) is 10.9. The lowest BCUT2D eigenvalue weighted by Gasteiger charge is -2.21. The fraction of sp³-hybridized carbons (Fsp3) is 0.467. The molecule has 5 nitrogen and oxygen atoms in total. The Morgan fingerprint density at radius 2 is 2.55 bits per heavy atom. The predicted molar refractivity (Wildman–Crippen MR) is 81.0 cm³/mol. The second kappa shape index (κ2) is 7.53. The smallest absolute Gasteiger partial charge is 0.213 e. The summed E-state index contributed by atoms with van der Waals surface area (Å²) < 4.78 is 5.88. The summed E-state index contributed by atoms with van der Waals surface area (Å²) in [5, 5.41) is 3.30. The Morgan fingerprint density at radius 1 is 1.65 bits per heavy atom. The highest BCUT2D eigenvalue weighted by molar-refractivity contribution is 5.80. The lowest BCUT2D eigenvalue weighted by Crippen LogP contribution is -2.41. The number of aliphatic imine (C=N–C) groups is 1. The first kappa shape index (κ1) is 14.4. The van der Waals surface area contributed by atoms with Crippen LogP contribution in [0.2, 0.25) is 0 Å². The van der Waals surface area contributed by atoms with Crippen LogP contribution in [-0.4, -0.2) is 48.1 Å². The Kier molecular flexibility index (Phi) is 5.41. The van der Waals surface area contributed by atoms with Gasteiger partial charge in [-0.05, 0) is 13.0 Å². The molecule has 1 fully saturated rings. The largest absolute Gasteiger partial charge is 0.472 e. The van der Waals surface area contributed by atoms with Crippen molar-refractivity contribution in [1.82, 2.24) is 15.2 Å². The third-order valence-electron chi connectivity index (χ3n) is 3.07. The number of ether oxygens (including phenoxy) is 1. The van der Waals surface area contributed by atoms with E-state index in [1.165, 1.54) is 0 Å². The molecule has 2 rings (SSSR count). The number of hydrogen-bond acceptors (Lipinski definition) is 3. The minimum Gasteiger partial charge on any atom is -0.472 e. The molecule has 5 heteroatoms. The van der Waals surface area contributed by atoms with Crippen LogP contribution in [0, 0.1) is 0 Å². The number of hydrogen-bond donors (Lipinski definition) is 1. The maximum Gasteiger partial charge on any atom is 0.213 e. The number of likely N-dealkylation sites (tertiary alicyclic amines) is 1. The number of aromatic nitrogens is 1. The van der Waals surface area contributed by atoms with Gasteiger partial charge in [0.15, 0.2) is 5.96 Å². The normalized spacial score (nSPS) is 18.9. The molecule has 0 amide bonds. The maximum atomic E-state index is 5.88. The third-order valence-corrected chi connectivity index (χ3v) is 3.07. The van der Waals surface area contributed by atoms with Gasteiger partial charge in [-0.25, -0.2) is 9.98 Å². The van der Waals surface area contributed by atoms with Crippen LogP contribution in [0.1, 0.15) is 13.3 Å². The Hall–Kier alpha value is -2.04. The van der Waals surface area contributed by atoms with Gasteiger partial charge in [0.25, 0.3) is 0 Å². The number of rotatable bonds is 5. The SMILES string of the molecule is C=CCN=C(NCC)N1CCC(Oc2ccccn2)C1. The zero-order valence-corrected chi connectivity index (χ0v) is 12.0.